The molecule has 2 heterocycles. The highest BCUT2D eigenvalue weighted by atomic mass is 16.1. The minimum atomic E-state index is 0.0662. The van der Waals surface area contributed by atoms with Gasteiger partial charge < -0.3 is 15.2 Å². The first kappa shape index (κ1) is 13.1. The molecule has 100 valence electrons. The molecule has 1 fully saturated rings. The number of aryl methyl sites for hydroxylation is 1. The molecule has 2 rings (SSSR count). The molecule has 0 aromatic carbocycles. The number of hydrogen-bond acceptors (Lipinski definition) is 2. The van der Waals surface area contributed by atoms with Gasteiger partial charge in [0.1, 0.15) is 0 Å². The maximum Gasteiger partial charge on any atom is 0.253 e. The van der Waals surface area contributed by atoms with Crippen LogP contribution in [0.1, 0.15) is 41.5 Å². The highest BCUT2D eigenvalue weighted by Crippen LogP contribution is 2.15. The second kappa shape index (κ2) is 5.57. The third-order valence-corrected chi connectivity index (χ3v) is 3.77. The first-order valence-electron chi connectivity index (χ1n) is 6.81. The van der Waals surface area contributed by atoms with Crippen LogP contribution in [0.3, 0.4) is 0 Å². The molecule has 2 N–H and O–H groups in total. The Morgan fingerprint density at radius 2 is 2.33 bits per heavy atom. The Kier molecular flexibility index (Phi) is 4.07. The van der Waals surface area contributed by atoms with E-state index < -0.39 is 0 Å². The lowest BCUT2D eigenvalue weighted by atomic mass is 10.1. The summed E-state index contributed by atoms with van der Waals surface area (Å²) in [5.41, 5.74) is 3.04. The van der Waals surface area contributed by atoms with Crippen LogP contribution in [0.5, 0.6) is 0 Å². The van der Waals surface area contributed by atoms with Crippen LogP contribution in [0, 0.1) is 13.8 Å². The summed E-state index contributed by atoms with van der Waals surface area (Å²) >= 11 is 0. The predicted octanol–water partition coefficient (Wildman–Crippen LogP) is 1.61. The third-order valence-electron chi connectivity index (χ3n) is 3.77. The van der Waals surface area contributed by atoms with Gasteiger partial charge in [-0.3, -0.25) is 4.79 Å². The maximum absolute atomic E-state index is 12.3. The van der Waals surface area contributed by atoms with Gasteiger partial charge in [0.2, 0.25) is 0 Å². The molecule has 1 saturated heterocycles. The fraction of sp³-hybridized carbons (Fsp3) is 0.643. The summed E-state index contributed by atoms with van der Waals surface area (Å²) in [5.74, 6) is 0.0662. The van der Waals surface area contributed by atoms with Gasteiger partial charge in [0.25, 0.3) is 5.91 Å². The Morgan fingerprint density at radius 3 is 2.89 bits per heavy atom. The van der Waals surface area contributed by atoms with Crippen LogP contribution in [0.15, 0.2) is 6.07 Å². The number of carbonyl (C=O) groups is 1. The maximum atomic E-state index is 12.3. The zero-order chi connectivity index (χ0) is 13.1. The van der Waals surface area contributed by atoms with Gasteiger partial charge in [0, 0.05) is 30.5 Å². The van der Waals surface area contributed by atoms with Crippen molar-refractivity contribution >= 4 is 5.91 Å². The standard InChI is InChI=1S/C14H23N3O/c1-4-17-10(2)8-13(11(17)3)14(18)16-12-6-5-7-15-9-12/h8,12,15H,4-7,9H2,1-3H3,(H,16,18). The largest absolute Gasteiger partial charge is 0.349 e. The molecule has 0 aliphatic carbocycles. The van der Waals surface area contributed by atoms with Crippen molar-refractivity contribution in [1.82, 2.24) is 15.2 Å². The van der Waals surface area contributed by atoms with Crippen LogP contribution in [0.25, 0.3) is 0 Å². The molecule has 1 amide bonds. The molecule has 1 unspecified atom stereocenters. The van der Waals surface area contributed by atoms with E-state index in [1.807, 2.05) is 13.0 Å². The Morgan fingerprint density at radius 1 is 1.56 bits per heavy atom. The van der Waals surface area contributed by atoms with E-state index >= 15 is 0 Å². The van der Waals surface area contributed by atoms with Gasteiger partial charge in [-0.05, 0) is 46.2 Å². The number of hydrogen-bond donors (Lipinski definition) is 2. The Bertz CT molecular complexity index is 430. The minimum absolute atomic E-state index is 0.0662. The number of carbonyl (C=O) groups excluding carboxylic acids is 1. The van der Waals surface area contributed by atoms with E-state index in [2.05, 4.69) is 29.0 Å². The number of nitrogens with zero attached hydrogens (tertiary/aromatic N) is 1. The van der Waals surface area contributed by atoms with Crippen LogP contribution in [-0.2, 0) is 6.54 Å². The zero-order valence-electron chi connectivity index (χ0n) is 11.5. The first-order valence-corrected chi connectivity index (χ1v) is 6.81. The average molecular weight is 249 g/mol. The summed E-state index contributed by atoms with van der Waals surface area (Å²) in [5, 5.41) is 6.44. The second-order valence-corrected chi connectivity index (χ2v) is 5.05. The third kappa shape index (κ3) is 2.58. The van der Waals surface area contributed by atoms with Gasteiger partial charge in [-0.1, -0.05) is 0 Å². The van der Waals surface area contributed by atoms with E-state index in [1.54, 1.807) is 0 Å². The molecule has 0 radical (unpaired) electrons. The average Bonchev–Trinajstić information content (AvgIpc) is 2.65. The topological polar surface area (TPSA) is 46.1 Å². The molecular formula is C14H23N3O. The molecule has 0 bridgehead atoms. The van der Waals surface area contributed by atoms with Crippen molar-refractivity contribution in [3.63, 3.8) is 0 Å². The number of amides is 1. The van der Waals surface area contributed by atoms with Crippen LogP contribution in [-0.4, -0.2) is 29.6 Å². The molecule has 18 heavy (non-hydrogen) atoms. The van der Waals surface area contributed by atoms with Gasteiger partial charge in [-0.25, -0.2) is 0 Å². The van der Waals surface area contributed by atoms with E-state index in [4.69, 9.17) is 0 Å². The number of rotatable bonds is 3. The monoisotopic (exact) mass is 249 g/mol. The zero-order valence-corrected chi connectivity index (χ0v) is 11.5. The first-order chi connectivity index (χ1) is 8.63. The van der Waals surface area contributed by atoms with Crippen LogP contribution in [0.4, 0.5) is 0 Å². The Hall–Kier alpha value is -1.29. The van der Waals surface area contributed by atoms with Gasteiger partial charge in [-0.2, -0.15) is 0 Å². The SMILES string of the molecule is CCn1c(C)cc(C(=O)NC2CCCNC2)c1C. The predicted molar refractivity (Wildman–Crippen MR) is 72.9 cm³/mol. The summed E-state index contributed by atoms with van der Waals surface area (Å²) in [6, 6.07) is 2.26. The lowest BCUT2D eigenvalue weighted by Crippen LogP contribution is -2.45. The molecule has 4 nitrogen and oxygen atoms in total. The summed E-state index contributed by atoms with van der Waals surface area (Å²) in [4.78, 5) is 12.3. The van der Waals surface area contributed by atoms with Crippen molar-refractivity contribution in [3.05, 3.63) is 23.0 Å². The molecule has 1 aliphatic rings. The van der Waals surface area contributed by atoms with Gasteiger partial charge in [0.15, 0.2) is 0 Å². The summed E-state index contributed by atoms with van der Waals surface area (Å²) < 4.78 is 2.17. The van der Waals surface area contributed by atoms with Crippen molar-refractivity contribution < 1.29 is 4.79 Å². The molecular weight excluding hydrogens is 226 g/mol. The van der Waals surface area contributed by atoms with Crippen molar-refractivity contribution in [3.8, 4) is 0 Å². The summed E-state index contributed by atoms with van der Waals surface area (Å²) in [6.07, 6.45) is 2.21. The fourth-order valence-corrected chi connectivity index (χ4v) is 2.76. The van der Waals surface area contributed by atoms with Crippen molar-refractivity contribution in [1.29, 1.82) is 0 Å². The van der Waals surface area contributed by atoms with E-state index in [-0.39, 0.29) is 11.9 Å². The van der Waals surface area contributed by atoms with E-state index in [9.17, 15) is 4.79 Å². The molecule has 1 aliphatic heterocycles. The quantitative estimate of drug-likeness (QED) is 0.855. The smallest absolute Gasteiger partial charge is 0.253 e. The van der Waals surface area contributed by atoms with Crippen LogP contribution in [0.2, 0.25) is 0 Å². The highest BCUT2D eigenvalue weighted by Gasteiger charge is 2.19. The molecule has 0 saturated carbocycles. The molecule has 1 aromatic heterocycles. The second-order valence-electron chi connectivity index (χ2n) is 5.05. The lowest BCUT2D eigenvalue weighted by Gasteiger charge is -2.23. The van der Waals surface area contributed by atoms with Crippen molar-refractivity contribution in [2.24, 2.45) is 0 Å². The van der Waals surface area contributed by atoms with E-state index in [0.29, 0.717) is 0 Å². The van der Waals surface area contributed by atoms with E-state index in [1.165, 1.54) is 0 Å². The minimum Gasteiger partial charge on any atom is -0.349 e. The van der Waals surface area contributed by atoms with Gasteiger partial charge in [0.05, 0.1) is 5.56 Å². The normalized spacial score (nSPS) is 19.8. The number of nitrogens with one attached hydrogen (secondary N) is 2. The fourth-order valence-electron chi connectivity index (χ4n) is 2.76. The number of piperidine rings is 1. The van der Waals surface area contributed by atoms with E-state index in [0.717, 1.165) is 49.4 Å². The van der Waals surface area contributed by atoms with Crippen LogP contribution >= 0.6 is 0 Å². The van der Waals surface area contributed by atoms with Crippen LogP contribution < -0.4 is 10.6 Å². The molecule has 1 atom stereocenters. The summed E-state index contributed by atoms with van der Waals surface area (Å²) in [7, 11) is 0. The molecule has 1 aromatic rings. The lowest BCUT2D eigenvalue weighted by molar-refractivity contribution is 0.0930. The number of aromatic nitrogens is 1. The Balaban J connectivity index is 2.08. The van der Waals surface area contributed by atoms with Gasteiger partial charge in [-0.15, -0.1) is 0 Å². The van der Waals surface area contributed by atoms with Crippen molar-refractivity contribution in [2.45, 2.75) is 46.2 Å². The Labute approximate surface area is 109 Å². The van der Waals surface area contributed by atoms with Crippen molar-refractivity contribution in [2.75, 3.05) is 13.1 Å². The summed E-state index contributed by atoms with van der Waals surface area (Å²) in [6.45, 7) is 9.04. The van der Waals surface area contributed by atoms with Gasteiger partial charge >= 0.3 is 0 Å². The molecule has 0 spiro atoms. The highest BCUT2D eigenvalue weighted by molar-refractivity contribution is 5.95. The molecule has 4 heteroatoms.